The second-order valence-electron chi connectivity index (χ2n) is 8.21. The fourth-order valence-corrected chi connectivity index (χ4v) is 3.97. The topological polar surface area (TPSA) is 111 Å². The van der Waals surface area contributed by atoms with Crippen molar-refractivity contribution in [2.45, 2.75) is 6.54 Å². The Morgan fingerprint density at radius 2 is 1.71 bits per heavy atom. The van der Waals surface area contributed by atoms with E-state index < -0.39 is 12.6 Å². The Morgan fingerprint density at radius 1 is 0.974 bits per heavy atom. The molecule has 10 heteroatoms. The molecule has 2 amide bonds. The van der Waals surface area contributed by atoms with Crippen LogP contribution in [0.15, 0.2) is 84.0 Å². The van der Waals surface area contributed by atoms with E-state index in [0.29, 0.717) is 16.3 Å². The van der Waals surface area contributed by atoms with Gasteiger partial charge < -0.3 is 19.8 Å². The van der Waals surface area contributed by atoms with Gasteiger partial charge in [0.25, 0.3) is 11.8 Å². The van der Waals surface area contributed by atoms with E-state index in [1.54, 1.807) is 36.4 Å². The molecule has 3 N–H and O–H groups in total. The molecule has 4 aromatic rings. The molecule has 0 heterocycles. The van der Waals surface area contributed by atoms with Crippen molar-refractivity contribution in [1.29, 1.82) is 0 Å². The van der Waals surface area contributed by atoms with Crippen LogP contribution in [0, 0.1) is 0 Å². The normalized spacial score (nSPS) is 11.0. The molecule has 0 saturated heterocycles. The predicted octanol–water partition coefficient (Wildman–Crippen LogP) is 4.97. The van der Waals surface area contributed by atoms with Crippen LogP contribution in [0.1, 0.15) is 21.5 Å². The van der Waals surface area contributed by atoms with E-state index in [-0.39, 0.29) is 35.4 Å². The Morgan fingerprint density at radius 3 is 2.42 bits per heavy atom. The van der Waals surface area contributed by atoms with Crippen molar-refractivity contribution < 1.29 is 24.5 Å². The lowest BCUT2D eigenvalue weighted by Gasteiger charge is -2.20. The van der Waals surface area contributed by atoms with Crippen LogP contribution in [0.5, 0.6) is 11.5 Å². The van der Waals surface area contributed by atoms with Crippen molar-refractivity contribution in [2.24, 2.45) is 5.10 Å². The Balaban J connectivity index is 1.44. The highest BCUT2D eigenvalue weighted by atomic mass is 35.5. The number of aromatic hydroxyl groups is 1. The van der Waals surface area contributed by atoms with E-state index in [0.717, 1.165) is 16.3 Å². The second kappa shape index (κ2) is 12.4. The third kappa shape index (κ3) is 6.60. The van der Waals surface area contributed by atoms with Crippen molar-refractivity contribution in [3.63, 3.8) is 0 Å². The number of aliphatic hydroxyl groups is 1. The van der Waals surface area contributed by atoms with E-state index in [4.69, 9.17) is 27.9 Å². The van der Waals surface area contributed by atoms with Gasteiger partial charge in [0.2, 0.25) is 0 Å². The molecule has 194 valence electrons. The number of nitrogens with zero attached hydrogens (tertiary/aromatic N) is 2. The lowest BCUT2D eigenvalue weighted by atomic mass is 10.0. The van der Waals surface area contributed by atoms with Crippen molar-refractivity contribution >= 4 is 52.0 Å². The van der Waals surface area contributed by atoms with Crippen molar-refractivity contribution in [3.05, 3.63) is 106 Å². The zero-order chi connectivity index (χ0) is 27.1. The summed E-state index contributed by atoms with van der Waals surface area (Å²) in [6.07, 6.45) is 1.50. The lowest BCUT2D eigenvalue weighted by molar-refractivity contribution is -0.137. The molecule has 0 aliphatic rings. The van der Waals surface area contributed by atoms with E-state index in [1.165, 1.54) is 29.3 Å². The van der Waals surface area contributed by atoms with Crippen LogP contribution >= 0.6 is 23.2 Å². The summed E-state index contributed by atoms with van der Waals surface area (Å²) >= 11 is 11.8. The van der Waals surface area contributed by atoms with Gasteiger partial charge in [-0.15, -0.1) is 0 Å². The van der Waals surface area contributed by atoms with Crippen molar-refractivity contribution in [3.8, 4) is 11.5 Å². The number of ether oxygens (including phenoxy) is 1. The van der Waals surface area contributed by atoms with Crippen molar-refractivity contribution in [2.75, 3.05) is 13.3 Å². The standard InChI is InChI=1S/C28H23Cl2N3O5/c29-21-9-5-18(6-10-21)15-33(17-34)27(36)16-38-26-12-8-20(22-3-1-2-4-23(22)26)14-31-32-28(37)19-7-11-25(35)24(30)13-19/h1-14,34-35H,15-17H2,(H,32,37)/b31-14+. The molecule has 4 rings (SSSR count). The molecule has 0 radical (unpaired) electrons. The number of rotatable bonds is 9. The molecule has 0 saturated carbocycles. The Hall–Kier alpha value is -4.11. The molecule has 0 aromatic heterocycles. The monoisotopic (exact) mass is 551 g/mol. The smallest absolute Gasteiger partial charge is 0.271 e. The molecule has 0 spiro atoms. The van der Waals surface area contributed by atoms with Gasteiger partial charge in [-0.25, -0.2) is 5.43 Å². The van der Waals surface area contributed by atoms with Gasteiger partial charge >= 0.3 is 0 Å². The molecular weight excluding hydrogens is 529 g/mol. The summed E-state index contributed by atoms with van der Waals surface area (Å²) < 4.78 is 5.83. The van der Waals surface area contributed by atoms with E-state index >= 15 is 0 Å². The SMILES string of the molecule is O=C(N/N=C/c1ccc(OCC(=O)N(CO)Cc2ccc(Cl)cc2)c2ccccc12)c1ccc(O)c(Cl)c1. The first kappa shape index (κ1) is 26.9. The van der Waals surface area contributed by atoms with Gasteiger partial charge in [0.1, 0.15) is 18.2 Å². The van der Waals surface area contributed by atoms with Gasteiger partial charge in [-0.3, -0.25) is 9.59 Å². The average molecular weight is 552 g/mol. The number of halogens is 2. The molecule has 0 aliphatic carbocycles. The maximum atomic E-state index is 12.7. The number of hydrazone groups is 1. The summed E-state index contributed by atoms with van der Waals surface area (Å²) in [5.41, 5.74) is 4.22. The van der Waals surface area contributed by atoms with Crippen LogP contribution < -0.4 is 10.2 Å². The number of amides is 2. The fourth-order valence-electron chi connectivity index (χ4n) is 3.66. The molecule has 38 heavy (non-hydrogen) atoms. The van der Waals surface area contributed by atoms with Crippen LogP contribution in [-0.4, -0.2) is 46.5 Å². The zero-order valence-corrected chi connectivity index (χ0v) is 21.5. The maximum absolute atomic E-state index is 12.7. The van der Waals surface area contributed by atoms with Crippen LogP contribution in [0.2, 0.25) is 10.0 Å². The summed E-state index contributed by atoms with van der Waals surface area (Å²) in [5.74, 6) is -0.502. The number of aliphatic hydroxyl groups excluding tert-OH is 1. The minimum Gasteiger partial charge on any atom is -0.506 e. The number of phenolic OH excluding ortho intramolecular Hbond substituents is 1. The maximum Gasteiger partial charge on any atom is 0.271 e. The molecule has 0 bridgehead atoms. The summed E-state index contributed by atoms with van der Waals surface area (Å²) in [5, 5.41) is 25.4. The highest BCUT2D eigenvalue weighted by Gasteiger charge is 2.15. The number of hydrogen-bond donors (Lipinski definition) is 3. The first-order chi connectivity index (χ1) is 18.4. The minimum atomic E-state index is -0.488. The number of fused-ring (bicyclic) bond motifs is 1. The first-order valence-corrected chi connectivity index (χ1v) is 12.2. The molecule has 8 nitrogen and oxygen atoms in total. The van der Waals surface area contributed by atoms with Crippen LogP contribution in [0.25, 0.3) is 10.8 Å². The highest BCUT2D eigenvalue weighted by Crippen LogP contribution is 2.28. The van der Waals surface area contributed by atoms with Crippen LogP contribution in [0.3, 0.4) is 0 Å². The highest BCUT2D eigenvalue weighted by molar-refractivity contribution is 6.32. The Kier molecular flexibility index (Phi) is 8.81. The second-order valence-corrected chi connectivity index (χ2v) is 9.06. The summed E-state index contributed by atoms with van der Waals surface area (Å²) in [4.78, 5) is 26.3. The summed E-state index contributed by atoms with van der Waals surface area (Å²) in [6, 6.07) is 22.0. The minimum absolute atomic E-state index is 0.0637. The number of nitrogens with one attached hydrogen (secondary N) is 1. The van der Waals surface area contributed by atoms with E-state index in [9.17, 15) is 19.8 Å². The van der Waals surface area contributed by atoms with E-state index in [2.05, 4.69) is 10.5 Å². The molecule has 0 atom stereocenters. The predicted molar refractivity (Wildman–Crippen MR) is 147 cm³/mol. The van der Waals surface area contributed by atoms with Gasteiger partial charge in [-0.2, -0.15) is 5.10 Å². The zero-order valence-electron chi connectivity index (χ0n) is 20.0. The number of carbonyl (C=O) groups excluding carboxylic acids is 2. The molecule has 0 unspecified atom stereocenters. The lowest BCUT2D eigenvalue weighted by Crippen LogP contribution is -2.35. The summed E-state index contributed by atoms with van der Waals surface area (Å²) in [7, 11) is 0. The average Bonchev–Trinajstić information content (AvgIpc) is 2.93. The fraction of sp³-hybridized carbons (Fsp3) is 0.107. The number of hydrogen-bond acceptors (Lipinski definition) is 6. The van der Waals surface area contributed by atoms with Gasteiger partial charge in [0.05, 0.1) is 11.2 Å². The molecule has 4 aromatic carbocycles. The molecule has 0 fully saturated rings. The van der Waals surface area contributed by atoms with Gasteiger partial charge in [-0.1, -0.05) is 59.6 Å². The molecule has 0 aliphatic heterocycles. The third-order valence-corrected chi connectivity index (χ3v) is 6.21. The van der Waals surface area contributed by atoms with Crippen LogP contribution in [0.4, 0.5) is 0 Å². The number of carbonyl (C=O) groups is 2. The van der Waals surface area contributed by atoms with E-state index in [1.807, 2.05) is 24.3 Å². The number of phenols is 1. The van der Waals surface area contributed by atoms with Crippen LogP contribution in [-0.2, 0) is 11.3 Å². The quantitative estimate of drug-likeness (QED) is 0.154. The third-order valence-electron chi connectivity index (χ3n) is 5.66. The summed E-state index contributed by atoms with van der Waals surface area (Å²) in [6.45, 7) is -0.506. The molecular formula is C28H23Cl2N3O5. The van der Waals surface area contributed by atoms with Gasteiger partial charge in [0, 0.05) is 28.1 Å². The number of benzene rings is 4. The van der Waals surface area contributed by atoms with Gasteiger partial charge in [0.15, 0.2) is 6.61 Å². The van der Waals surface area contributed by atoms with Crippen molar-refractivity contribution in [1.82, 2.24) is 10.3 Å². The Bertz CT molecular complexity index is 1490. The van der Waals surface area contributed by atoms with Gasteiger partial charge in [-0.05, 0) is 53.4 Å². The Labute approximate surface area is 228 Å². The largest absolute Gasteiger partial charge is 0.506 e. The first-order valence-electron chi connectivity index (χ1n) is 11.4.